The maximum absolute atomic E-state index is 12.0. The van der Waals surface area contributed by atoms with Crippen LogP contribution in [0.25, 0.3) is 0 Å². The third kappa shape index (κ3) is 4.05. The topological polar surface area (TPSA) is 38.1 Å². The van der Waals surface area contributed by atoms with Gasteiger partial charge in [0.05, 0.1) is 17.5 Å². The second-order valence-electron chi connectivity index (χ2n) is 4.51. The molecule has 0 unspecified atom stereocenters. The molecular weight excluding hydrogens is 246 g/mol. The Morgan fingerprint density at radius 1 is 1.56 bits per heavy atom. The Bertz CT molecular complexity index is 403. The van der Waals surface area contributed by atoms with Gasteiger partial charge in [-0.3, -0.25) is 9.48 Å². The van der Waals surface area contributed by atoms with Gasteiger partial charge in [0.25, 0.3) is 0 Å². The maximum atomic E-state index is 12.0. The van der Waals surface area contributed by atoms with Gasteiger partial charge in [0.2, 0.25) is 5.91 Å². The summed E-state index contributed by atoms with van der Waals surface area (Å²) >= 11 is 1.68. The van der Waals surface area contributed by atoms with Gasteiger partial charge in [-0.1, -0.05) is 6.92 Å². The second kappa shape index (κ2) is 6.83. The molecule has 0 spiro atoms. The second-order valence-corrected chi connectivity index (χ2v) is 6.13. The molecule has 0 radical (unpaired) electrons. The molecule has 5 heteroatoms. The van der Waals surface area contributed by atoms with Crippen LogP contribution < -0.4 is 0 Å². The molecule has 1 atom stereocenters. The zero-order chi connectivity index (χ0) is 13.7. The molecule has 0 N–H and O–H groups in total. The molecule has 1 amide bonds. The summed E-state index contributed by atoms with van der Waals surface area (Å²) in [5, 5.41) is 4.44. The molecule has 0 bridgehead atoms. The molecular formula is C13H23N3OS. The summed E-state index contributed by atoms with van der Waals surface area (Å²) in [6.07, 6.45) is 0. The normalized spacial score (nSPS) is 12.5. The zero-order valence-corrected chi connectivity index (χ0v) is 12.8. The molecule has 102 valence electrons. The van der Waals surface area contributed by atoms with E-state index < -0.39 is 0 Å². The number of thioether (sulfide) groups is 1. The number of hydrogen-bond donors (Lipinski definition) is 0. The van der Waals surface area contributed by atoms with Crippen molar-refractivity contribution in [2.24, 2.45) is 0 Å². The Hall–Kier alpha value is -0.970. The summed E-state index contributed by atoms with van der Waals surface area (Å²) < 4.78 is 1.96. The van der Waals surface area contributed by atoms with Crippen molar-refractivity contribution >= 4 is 17.7 Å². The van der Waals surface area contributed by atoms with Gasteiger partial charge in [0, 0.05) is 19.3 Å². The van der Waals surface area contributed by atoms with Crippen molar-refractivity contribution in [1.29, 1.82) is 0 Å². The highest BCUT2D eigenvalue weighted by molar-refractivity contribution is 8.00. The van der Waals surface area contributed by atoms with Crippen LogP contribution in [0.15, 0.2) is 6.07 Å². The standard InChI is InChI=1S/C13H23N3OS/c1-6-18-12(4)13(17)15(5)7-8-16-11(3)9-10(2)14-16/h9,12H,6-8H2,1-5H3/t12-/m1/s1. The van der Waals surface area contributed by atoms with E-state index in [1.165, 1.54) is 0 Å². The first-order chi connectivity index (χ1) is 8.45. The molecule has 1 rings (SSSR count). The molecule has 0 aliphatic rings. The summed E-state index contributed by atoms with van der Waals surface area (Å²) in [5.74, 6) is 1.17. The molecule has 18 heavy (non-hydrogen) atoms. The van der Waals surface area contributed by atoms with Gasteiger partial charge in [-0.25, -0.2) is 0 Å². The average Bonchev–Trinajstić information content (AvgIpc) is 2.64. The Kier molecular flexibility index (Phi) is 5.72. The monoisotopic (exact) mass is 269 g/mol. The quantitative estimate of drug-likeness (QED) is 0.794. The van der Waals surface area contributed by atoms with Crippen molar-refractivity contribution in [3.63, 3.8) is 0 Å². The number of rotatable bonds is 6. The maximum Gasteiger partial charge on any atom is 0.235 e. The Morgan fingerprint density at radius 3 is 2.72 bits per heavy atom. The van der Waals surface area contributed by atoms with Gasteiger partial charge in [-0.2, -0.15) is 5.10 Å². The van der Waals surface area contributed by atoms with Crippen LogP contribution >= 0.6 is 11.8 Å². The minimum Gasteiger partial charge on any atom is -0.343 e. The third-order valence-corrected chi connectivity index (χ3v) is 3.93. The Morgan fingerprint density at radius 2 is 2.22 bits per heavy atom. The summed E-state index contributed by atoms with van der Waals surface area (Å²) in [5.41, 5.74) is 2.17. The molecule has 0 aliphatic carbocycles. The van der Waals surface area contributed by atoms with Crippen LogP contribution in [-0.4, -0.2) is 45.2 Å². The third-order valence-electron chi connectivity index (χ3n) is 2.89. The van der Waals surface area contributed by atoms with E-state index in [0.717, 1.165) is 23.7 Å². The lowest BCUT2D eigenvalue weighted by molar-refractivity contribution is -0.129. The van der Waals surface area contributed by atoms with E-state index >= 15 is 0 Å². The largest absolute Gasteiger partial charge is 0.343 e. The molecule has 0 saturated heterocycles. The molecule has 0 aliphatic heterocycles. The summed E-state index contributed by atoms with van der Waals surface area (Å²) in [7, 11) is 1.86. The summed E-state index contributed by atoms with van der Waals surface area (Å²) in [4.78, 5) is 13.8. The average molecular weight is 269 g/mol. The summed E-state index contributed by atoms with van der Waals surface area (Å²) in [6, 6.07) is 2.05. The molecule has 4 nitrogen and oxygen atoms in total. The van der Waals surface area contributed by atoms with Gasteiger partial charge in [0.15, 0.2) is 0 Å². The van der Waals surface area contributed by atoms with E-state index in [1.54, 1.807) is 16.7 Å². The van der Waals surface area contributed by atoms with Gasteiger partial charge in [-0.15, -0.1) is 11.8 Å². The van der Waals surface area contributed by atoms with E-state index in [2.05, 4.69) is 18.1 Å². The first-order valence-electron chi connectivity index (χ1n) is 6.33. The van der Waals surface area contributed by atoms with Gasteiger partial charge < -0.3 is 4.90 Å². The predicted octanol–water partition coefficient (Wildman–Crippen LogP) is 2.10. The first kappa shape index (κ1) is 15.1. The lowest BCUT2D eigenvalue weighted by Gasteiger charge is -2.21. The number of hydrogen-bond acceptors (Lipinski definition) is 3. The molecule has 1 aromatic heterocycles. The van der Waals surface area contributed by atoms with Gasteiger partial charge in [-0.05, 0) is 32.6 Å². The van der Waals surface area contributed by atoms with Crippen molar-refractivity contribution in [3.8, 4) is 0 Å². The van der Waals surface area contributed by atoms with E-state index in [-0.39, 0.29) is 11.2 Å². The van der Waals surface area contributed by atoms with Crippen molar-refractivity contribution in [2.75, 3.05) is 19.3 Å². The Labute approximate surface area is 114 Å². The van der Waals surface area contributed by atoms with E-state index in [1.807, 2.05) is 32.5 Å². The number of aromatic nitrogens is 2. The van der Waals surface area contributed by atoms with Crippen LogP contribution in [-0.2, 0) is 11.3 Å². The van der Waals surface area contributed by atoms with E-state index in [0.29, 0.717) is 6.54 Å². The van der Waals surface area contributed by atoms with Crippen LogP contribution in [0.5, 0.6) is 0 Å². The van der Waals surface area contributed by atoms with Gasteiger partial charge >= 0.3 is 0 Å². The fourth-order valence-corrected chi connectivity index (χ4v) is 2.71. The fourth-order valence-electron chi connectivity index (χ4n) is 1.89. The first-order valence-corrected chi connectivity index (χ1v) is 7.38. The molecule has 1 heterocycles. The highest BCUT2D eigenvalue weighted by atomic mass is 32.2. The minimum atomic E-state index is 0.0421. The van der Waals surface area contributed by atoms with Crippen LogP contribution in [0.4, 0.5) is 0 Å². The minimum absolute atomic E-state index is 0.0421. The highest BCUT2D eigenvalue weighted by Gasteiger charge is 2.17. The zero-order valence-electron chi connectivity index (χ0n) is 11.9. The van der Waals surface area contributed by atoms with Crippen LogP contribution in [0.1, 0.15) is 25.2 Å². The lowest BCUT2D eigenvalue weighted by Crippen LogP contribution is -2.35. The van der Waals surface area contributed by atoms with Crippen LogP contribution in [0.2, 0.25) is 0 Å². The van der Waals surface area contributed by atoms with Crippen LogP contribution in [0.3, 0.4) is 0 Å². The van der Waals surface area contributed by atoms with Crippen LogP contribution in [0, 0.1) is 13.8 Å². The highest BCUT2D eigenvalue weighted by Crippen LogP contribution is 2.12. The van der Waals surface area contributed by atoms with Crippen molar-refractivity contribution < 1.29 is 4.79 Å². The lowest BCUT2D eigenvalue weighted by atomic mass is 10.4. The summed E-state index contributed by atoms with van der Waals surface area (Å²) in [6.45, 7) is 9.52. The van der Waals surface area contributed by atoms with Crippen molar-refractivity contribution in [2.45, 2.75) is 39.5 Å². The predicted molar refractivity (Wildman–Crippen MR) is 76.9 cm³/mol. The molecule has 0 saturated carbocycles. The molecule has 0 fully saturated rings. The number of nitrogens with zero attached hydrogens (tertiary/aromatic N) is 3. The number of likely N-dealkylation sites (N-methyl/N-ethyl adjacent to an activating group) is 1. The number of carbonyl (C=O) groups excluding carboxylic acids is 1. The number of aryl methyl sites for hydroxylation is 2. The number of amides is 1. The van der Waals surface area contributed by atoms with Crippen molar-refractivity contribution in [3.05, 3.63) is 17.5 Å². The van der Waals surface area contributed by atoms with Crippen molar-refractivity contribution in [1.82, 2.24) is 14.7 Å². The smallest absolute Gasteiger partial charge is 0.235 e. The Balaban J connectivity index is 2.48. The fraction of sp³-hybridized carbons (Fsp3) is 0.692. The van der Waals surface area contributed by atoms with Gasteiger partial charge in [0.1, 0.15) is 0 Å². The SMILES string of the molecule is CCS[C@H](C)C(=O)N(C)CCn1nc(C)cc1C. The van der Waals surface area contributed by atoms with E-state index in [4.69, 9.17) is 0 Å². The number of carbonyl (C=O) groups is 1. The van der Waals surface area contributed by atoms with E-state index in [9.17, 15) is 4.79 Å². The molecule has 1 aromatic rings. The molecule has 0 aromatic carbocycles.